The number of rotatable bonds is 8. The van der Waals surface area contributed by atoms with E-state index in [0.29, 0.717) is 11.6 Å². The van der Waals surface area contributed by atoms with Crippen molar-refractivity contribution in [3.63, 3.8) is 0 Å². The van der Waals surface area contributed by atoms with Crippen LogP contribution in [0.1, 0.15) is 30.9 Å². The third-order valence-corrected chi connectivity index (χ3v) is 7.25. The normalized spacial score (nSPS) is 11.6. The number of sulfonamides is 1. The Morgan fingerprint density at radius 2 is 1.62 bits per heavy atom. The SMILES string of the molecule is CC(C)c1ccc(N(CC(=O)N/N=C\c2ccc(I)cc2)S(=O)(=O)c2ccccc2)cc1. The first-order chi connectivity index (χ1) is 15.3. The van der Waals surface area contributed by atoms with Gasteiger partial charge >= 0.3 is 0 Å². The first-order valence-electron chi connectivity index (χ1n) is 10.0. The molecule has 3 rings (SSSR count). The summed E-state index contributed by atoms with van der Waals surface area (Å²) in [6, 6.07) is 22.9. The summed E-state index contributed by atoms with van der Waals surface area (Å²) < 4.78 is 28.8. The van der Waals surface area contributed by atoms with E-state index in [1.165, 1.54) is 18.3 Å². The van der Waals surface area contributed by atoms with E-state index in [-0.39, 0.29) is 4.90 Å². The number of carbonyl (C=O) groups is 1. The van der Waals surface area contributed by atoms with Crippen LogP contribution >= 0.6 is 22.6 Å². The maximum Gasteiger partial charge on any atom is 0.264 e. The average molecular weight is 561 g/mol. The lowest BCUT2D eigenvalue weighted by atomic mass is 10.0. The van der Waals surface area contributed by atoms with Gasteiger partial charge in [-0.2, -0.15) is 5.10 Å². The van der Waals surface area contributed by atoms with Crippen LogP contribution in [0.25, 0.3) is 0 Å². The molecule has 0 aromatic heterocycles. The lowest BCUT2D eigenvalue weighted by Crippen LogP contribution is -2.39. The highest BCUT2D eigenvalue weighted by Gasteiger charge is 2.27. The predicted molar refractivity (Wildman–Crippen MR) is 136 cm³/mol. The molecule has 8 heteroatoms. The summed E-state index contributed by atoms with van der Waals surface area (Å²) in [5, 5.41) is 3.96. The van der Waals surface area contributed by atoms with Gasteiger partial charge in [-0.3, -0.25) is 9.10 Å². The van der Waals surface area contributed by atoms with Gasteiger partial charge in [0.2, 0.25) is 0 Å². The summed E-state index contributed by atoms with van der Waals surface area (Å²) in [6.45, 7) is 3.72. The maximum atomic E-state index is 13.3. The van der Waals surface area contributed by atoms with Crippen LogP contribution in [0.15, 0.2) is 88.9 Å². The van der Waals surface area contributed by atoms with Gasteiger partial charge in [0.15, 0.2) is 0 Å². The van der Waals surface area contributed by atoms with Crippen molar-refractivity contribution in [3.05, 3.63) is 93.6 Å². The van der Waals surface area contributed by atoms with Crippen molar-refractivity contribution >= 4 is 50.4 Å². The Hall–Kier alpha value is -2.72. The van der Waals surface area contributed by atoms with E-state index in [2.05, 4.69) is 47.0 Å². The van der Waals surface area contributed by atoms with E-state index in [1.54, 1.807) is 30.3 Å². The fourth-order valence-corrected chi connectivity index (χ4v) is 4.76. The molecule has 0 aliphatic heterocycles. The first-order valence-corrected chi connectivity index (χ1v) is 12.5. The van der Waals surface area contributed by atoms with Crippen LogP contribution in [-0.4, -0.2) is 27.1 Å². The van der Waals surface area contributed by atoms with Gasteiger partial charge in [0.25, 0.3) is 15.9 Å². The number of hydrazone groups is 1. The predicted octanol–water partition coefficient (Wildman–Crippen LogP) is 4.76. The molecule has 6 nitrogen and oxygen atoms in total. The zero-order valence-electron chi connectivity index (χ0n) is 17.8. The van der Waals surface area contributed by atoms with Gasteiger partial charge in [0.05, 0.1) is 16.8 Å². The molecule has 0 atom stereocenters. The molecule has 0 heterocycles. The van der Waals surface area contributed by atoms with Gasteiger partial charge in [-0.05, 0) is 76.0 Å². The van der Waals surface area contributed by atoms with Crippen LogP contribution in [0.2, 0.25) is 0 Å². The van der Waals surface area contributed by atoms with Crippen molar-refractivity contribution in [1.82, 2.24) is 5.43 Å². The van der Waals surface area contributed by atoms with Gasteiger partial charge in [-0.15, -0.1) is 0 Å². The number of carbonyl (C=O) groups excluding carboxylic acids is 1. The highest BCUT2D eigenvalue weighted by molar-refractivity contribution is 14.1. The molecule has 0 aliphatic carbocycles. The molecular formula is C24H24IN3O3S. The topological polar surface area (TPSA) is 78.8 Å². The standard InChI is InChI=1S/C24H24IN3O3S/c1-18(2)20-10-14-22(15-11-20)28(32(30,31)23-6-4-3-5-7-23)17-24(29)27-26-16-19-8-12-21(25)13-9-19/h3-16,18H,17H2,1-2H3,(H,27,29)/b26-16-. The number of nitrogens with zero attached hydrogens (tertiary/aromatic N) is 2. The van der Waals surface area contributed by atoms with Crippen molar-refractivity contribution in [2.45, 2.75) is 24.7 Å². The lowest BCUT2D eigenvalue weighted by molar-refractivity contribution is -0.119. The number of hydrogen-bond donors (Lipinski definition) is 1. The van der Waals surface area contributed by atoms with E-state index in [1.807, 2.05) is 36.4 Å². The van der Waals surface area contributed by atoms with Crippen molar-refractivity contribution in [2.24, 2.45) is 5.10 Å². The molecule has 0 bridgehead atoms. The smallest absolute Gasteiger partial charge is 0.264 e. The fourth-order valence-electron chi connectivity index (χ4n) is 2.95. The average Bonchev–Trinajstić information content (AvgIpc) is 2.79. The molecule has 0 aliphatic rings. The fraction of sp³-hybridized carbons (Fsp3) is 0.167. The molecule has 0 radical (unpaired) electrons. The quantitative estimate of drug-likeness (QED) is 0.245. The highest BCUT2D eigenvalue weighted by atomic mass is 127. The van der Waals surface area contributed by atoms with Crippen molar-refractivity contribution in [2.75, 3.05) is 10.8 Å². The molecule has 0 fully saturated rings. The zero-order valence-corrected chi connectivity index (χ0v) is 20.7. The Kier molecular flexibility index (Phi) is 8.03. The van der Waals surface area contributed by atoms with Gasteiger partial charge in [-0.1, -0.05) is 56.3 Å². The Bertz CT molecular complexity index is 1180. The van der Waals surface area contributed by atoms with E-state index < -0.39 is 22.5 Å². The molecule has 3 aromatic rings. The summed E-state index contributed by atoms with van der Waals surface area (Å²) in [4.78, 5) is 12.7. The lowest BCUT2D eigenvalue weighted by Gasteiger charge is -2.24. The summed E-state index contributed by atoms with van der Waals surface area (Å²) in [5.74, 6) is -0.235. The van der Waals surface area contributed by atoms with Gasteiger partial charge < -0.3 is 0 Å². The van der Waals surface area contributed by atoms with Crippen molar-refractivity contribution < 1.29 is 13.2 Å². The van der Waals surface area contributed by atoms with Crippen LogP contribution in [0.3, 0.4) is 0 Å². The van der Waals surface area contributed by atoms with Crippen LogP contribution in [0, 0.1) is 3.57 Å². The van der Waals surface area contributed by atoms with Crippen molar-refractivity contribution in [3.8, 4) is 0 Å². The molecule has 166 valence electrons. The molecule has 0 saturated carbocycles. The van der Waals surface area contributed by atoms with E-state index in [4.69, 9.17) is 0 Å². The molecule has 0 saturated heterocycles. The van der Waals surface area contributed by atoms with Crippen molar-refractivity contribution in [1.29, 1.82) is 0 Å². The second kappa shape index (κ2) is 10.7. The number of nitrogens with one attached hydrogen (secondary N) is 1. The number of anilines is 1. The second-order valence-electron chi connectivity index (χ2n) is 7.42. The van der Waals surface area contributed by atoms with Gasteiger partial charge in [0.1, 0.15) is 6.54 Å². The minimum absolute atomic E-state index is 0.114. The monoisotopic (exact) mass is 561 g/mol. The van der Waals surface area contributed by atoms with Gasteiger partial charge in [0, 0.05) is 3.57 Å². The van der Waals surface area contributed by atoms with E-state index >= 15 is 0 Å². The third-order valence-electron chi connectivity index (χ3n) is 4.74. The summed E-state index contributed by atoms with van der Waals surface area (Å²) in [5.41, 5.74) is 4.74. The molecule has 1 N–H and O–H groups in total. The summed E-state index contributed by atoms with van der Waals surface area (Å²) >= 11 is 2.20. The Morgan fingerprint density at radius 3 is 2.22 bits per heavy atom. The minimum atomic E-state index is -3.94. The highest BCUT2D eigenvalue weighted by Crippen LogP contribution is 2.25. The van der Waals surface area contributed by atoms with E-state index in [9.17, 15) is 13.2 Å². The maximum absolute atomic E-state index is 13.3. The Morgan fingerprint density at radius 1 is 1.00 bits per heavy atom. The minimum Gasteiger partial charge on any atom is -0.271 e. The summed E-state index contributed by atoms with van der Waals surface area (Å²) in [7, 11) is -3.94. The molecule has 32 heavy (non-hydrogen) atoms. The third kappa shape index (κ3) is 6.17. The number of benzene rings is 3. The van der Waals surface area contributed by atoms with Crippen LogP contribution in [0.5, 0.6) is 0 Å². The van der Waals surface area contributed by atoms with Crippen LogP contribution in [0.4, 0.5) is 5.69 Å². The molecule has 0 spiro atoms. The first kappa shape index (κ1) is 23.9. The van der Waals surface area contributed by atoms with Gasteiger partial charge in [-0.25, -0.2) is 13.8 Å². The number of amides is 1. The molecule has 3 aromatic carbocycles. The Balaban J connectivity index is 1.83. The number of halogens is 1. The second-order valence-corrected chi connectivity index (χ2v) is 10.5. The molecular weight excluding hydrogens is 537 g/mol. The largest absolute Gasteiger partial charge is 0.271 e. The molecule has 0 unspecified atom stereocenters. The van der Waals surface area contributed by atoms with Crippen LogP contribution < -0.4 is 9.73 Å². The van der Waals surface area contributed by atoms with E-state index in [0.717, 1.165) is 19.0 Å². The summed E-state index contributed by atoms with van der Waals surface area (Å²) in [6.07, 6.45) is 1.52. The zero-order chi connectivity index (χ0) is 23.1. The molecule has 1 amide bonds. The Labute approximate surface area is 202 Å². The number of hydrogen-bond acceptors (Lipinski definition) is 4. The van der Waals surface area contributed by atoms with Crippen LogP contribution in [-0.2, 0) is 14.8 Å².